The van der Waals surface area contributed by atoms with E-state index in [4.69, 9.17) is 4.74 Å². The molecule has 1 amide bonds. The fraction of sp³-hybridized carbons (Fsp3) is 0.211. The Kier molecular flexibility index (Phi) is 6.23. The van der Waals surface area contributed by atoms with E-state index in [0.717, 1.165) is 38.7 Å². The van der Waals surface area contributed by atoms with Crippen LogP contribution in [0.15, 0.2) is 51.9 Å². The van der Waals surface area contributed by atoms with E-state index in [9.17, 15) is 22.8 Å². The number of aromatic nitrogens is 1. The standard InChI is InChI=1S/C19H14BrF3N2O3S/c1-2-28-16(26)10-25-14-7-6-13(20)9-15(14)29-18(25)24-17(27)11-4-3-5-12(8-11)19(21,22)23/h3-9H,2,10H2,1H3. The van der Waals surface area contributed by atoms with Crippen LogP contribution in [0.4, 0.5) is 13.2 Å². The van der Waals surface area contributed by atoms with Gasteiger partial charge in [-0.15, -0.1) is 0 Å². The summed E-state index contributed by atoms with van der Waals surface area (Å²) >= 11 is 4.50. The number of benzene rings is 2. The van der Waals surface area contributed by atoms with Crippen LogP contribution in [-0.2, 0) is 22.3 Å². The van der Waals surface area contributed by atoms with E-state index in [1.165, 1.54) is 10.6 Å². The number of alkyl halides is 3. The Labute approximate surface area is 175 Å². The molecule has 0 saturated carbocycles. The zero-order valence-corrected chi connectivity index (χ0v) is 17.4. The van der Waals surface area contributed by atoms with Crippen LogP contribution in [-0.4, -0.2) is 23.1 Å². The van der Waals surface area contributed by atoms with E-state index in [2.05, 4.69) is 20.9 Å². The second-order valence-electron chi connectivity index (χ2n) is 5.88. The SMILES string of the molecule is CCOC(=O)Cn1c(=NC(=O)c2cccc(C(F)(F)F)c2)sc2cc(Br)ccc21. The van der Waals surface area contributed by atoms with Gasteiger partial charge < -0.3 is 9.30 Å². The van der Waals surface area contributed by atoms with Crippen LogP contribution in [0.2, 0.25) is 0 Å². The lowest BCUT2D eigenvalue weighted by molar-refractivity contribution is -0.143. The summed E-state index contributed by atoms with van der Waals surface area (Å²) in [6, 6.07) is 9.38. The quantitative estimate of drug-likeness (QED) is 0.498. The molecule has 2 aromatic carbocycles. The molecule has 10 heteroatoms. The van der Waals surface area contributed by atoms with Gasteiger partial charge in [0.1, 0.15) is 6.54 Å². The van der Waals surface area contributed by atoms with E-state index >= 15 is 0 Å². The molecular weight excluding hydrogens is 473 g/mol. The predicted molar refractivity (Wildman–Crippen MR) is 105 cm³/mol. The van der Waals surface area contributed by atoms with Crippen molar-refractivity contribution in [3.63, 3.8) is 0 Å². The summed E-state index contributed by atoms with van der Waals surface area (Å²) in [6.07, 6.45) is -4.57. The van der Waals surface area contributed by atoms with Gasteiger partial charge in [0.2, 0.25) is 0 Å². The van der Waals surface area contributed by atoms with Crippen molar-refractivity contribution in [2.45, 2.75) is 19.6 Å². The number of rotatable bonds is 4. The van der Waals surface area contributed by atoms with Crippen LogP contribution in [0.1, 0.15) is 22.8 Å². The average molecular weight is 487 g/mol. The van der Waals surface area contributed by atoms with Crippen molar-refractivity contribution in [2.24, 2.45) is 4.99 Å². The van der Waals surface area contributed by atoms with Gasteiger partial charge in [-0.2, -0.15) is 18.2 Å². The zero-order valence-electron chi connectivity index (χ0n) is 15.0. The minimum absolute atomic E-state index is 0.176. The molecule has 0 aliphatic heterocycles. The van der Waals surface area contributed by atoms with E-state index in [-0.39, 0.29) is 23.5 Å². The smallest absolute Gasteiger partial charge is 0.416 e. The third-order valence-corrected chi connectivity index (χ3v) is 5.41. The van der Waals surface area contributed by atoms with Crippen molar-refractivity contribution in [1.82, 2.24) is 4.57 Å². The number of carbonyl (C=O) groups is 2. The molecule has 0 N–H and O–H groups in total. The van der Waals surface area contributed by atoms with Crippen molar-refractivity contribution in [2.75, 3.05) is 6.61 Å². The number of amides is 1. The van der Waals surface area contributed by atoms with Crippen molar-refractivity contribution < 1.29 is 27.5 Å². The van der Waals surface area contributed by atoms with Gasteiger partial charge in [-0.25, -0.2) is 0 Å². The van der Waals surface area contributed by atoms with Crippen molar-refractivity contribution in [3.05, 3.63) is 62.9 Å². The number of esters is 1. The number of fused-ring (bicyclic) bond motifs is 1. The highest BCUT2D eigenvalue weighted by atomic mass is 79.9. The van der Waals surface area contributed by atoms with Gasteiger partial charge in [-0.1, -0.05) is 33.3 Å². The van der Waals surface area contributed by atoms with Gasteiger partial charge in [-0.05, 0) is 43.3 Å². The molecule has 0 radical (unpaired) electrons. The Morgan fingerprint density at radius 1 is 1.21 bits per heavy atom. The van der Waals surface area contributed by atoms with Gasteiger partial charge in [0.15, 0.2) is 4.80 Å². The maximum Gasteiger partial charge on any atom is 0.416 e. The van der Waals surface area contributed by atoms with Crippen LogP contribution < -0.4 is 4.80 Å². The first-order chi connectivity index (χ1) is 13.7. The molecule has 0 atom stereocenters. The molecule has 5 nitrogen and oxygen atoms in total. The van der Waals surface area contributed by atoms with Crippen molar-refractivity contribution in [1.29, 1.82) is 0 Å². The predicted octanol–water partition coefficient (Wildman–Crippen LogP) is 4.79. The maximum absolute atomic E-state index is 12.9. The molecular formula is C19H14BrF3N2O3S. The monoisotopic (exact) mass is 486 g/mol. The highest BCUT2D eigenvalue weighted by Crippen LogP contribution is 2.29. The van der Waals surface area contributed by atoms with Crippen LogP contribution in [0.5, 0.6) is 0 Å². The number of ether oxygens (including phenoxy) is 1. The summed E-state index contributed by atoms with van der Waals surface area (Å²) in [4.78, 5) is 28.7. The minimum atomic E-state index is -4.57. The largest absolute Gasteiger partial charge is 0.465 e. The third kappa shape index (κ3) is 4.94. The molecule has 0 aliphatic rings. The van der Waals surface area contributed by atoms with Gasteiger partial charge in [0.25, 0.3) is 5.91 Å². The lowest BCUT2D eigenvalue weighted by Crippen LogP contribution is -2.23. The molecule has 0 bridgehead atoms. The summed E-state index contributed by atoms with van der Waals surface area (Å²) in [6.45, 7) is 1.70. The van der Waals surface area contributed by atoms with Gasteiger partial charge in [-0.3, -0.25) is 9.59 Å². The molecule has 3 rings (SSSR count). The summed E-state index contributed by atoms with van der Waals surface area (Å²) < 4.78 is 46.8. The van der Waals surface area contributed by atoms with E-state index in [0.29, 0.717) is 5.52 Å². The van der Waals surface area contributed by atoms with Crippen LogP contribution in [0.25, 0.3) is 10.2 Å². The first-order valence-corrected chi connectivity index (χ1v) is 10.0. The normalized spacial score (nSPS) is 12.4. The Balaban J connectivity index is 2.09. The summed E-state index contributed by atoms with van der Waals surface area (Å²) in [7, 11) is 0. The summed E-state index contributed by atoms with van der Waals surface area (Å²) in [5, 5.41) is 0. The number of hydrogen-bond donors (Lipinski definition) is 0. The number of thiazole rings is 1. The van der Waals surface area contributed by atoms with E-state index in [1.54, 1.807) is 25.1 Å². The summed E-state index contributed by atoms with van der Waals surface area (Å²) in [5.74, 6) is -1.34. The van der Waals surface area contributed by atoms with E-state index < -0.39 is 23.6 Å². The number of nitrogens with zero attached hydrogens (tertiary/aromatic N) is 2. The fourth-order valence-electron chi connectivity index (χ4n) is 2.60. The number of carbonyl (C=O) groups excluding carboxylic acids is 2. The highest BCUT2D eigenvalue weighted by Gasteiger charge is 2.30. The topological polar surface area (TPSA) is 60.7 Å². The van der Waals surface area contributed by atoms with Crippen LogP contribution in [0, 0.1) is 0 Å². The molecule has 0 unspecified atom stereocenters. The Hall–Kier alpha value is -2.46. The van der Waals surface area contributed by atoms with Crippen LogP contribution in [0.3, 0.4) is 0 Å². The number of halogens is 4. The first-order valence-electron chi connectivity index (χ1n) is 8.40. The molecule has 29 heavy (non-hydrogen) atoms. The summed E-state index contributed by atoms with van der Waals surface area (Å²) in [5.41, 5.74) is -0.471. The second-order valence-corrected chi connectivity index (χ2v) is 7.81. The van der Waals surface area contributed by atoms with Gasteiger partial charge in [0.05, 0.1) is 22.4 Å². The van der Waals surface area contributed by atoms with Gasteiger partial charge in [0, 0.05) is 10.0 Å². The molecule has 0 fully saturated rings. The second kappa shape index (κ2) is 8.50. The lowest BCUT2D eigenvalue weighted by Gasteiger charge is -2.07. The first kappa shape index (κ1) is 21.3. The molecule has 1 heterocycles. The fourth-order valence-corrected chi connectivity index (χ4v) is 4.18. The Morgan fingerprint density at radius 3 is 2.66 bits per heavy atom. The molecule has 3 aromatic rings. The zero-order chi connectivity index (χ0) is 21.2. The molecule has 152 valence electrons. The Morgan fingerprint density at radius 2 is 1.97 bits per heavy atom. The molecule has 1 aromatic heterocycles. The molecule has 0 aliphatic carbocycles. The van der Waals surface area contributed by atoms with E-state index in [1.807, 2.05) is 0 Å². The van der Waals surface area contributed by atoms with Crippen molar-refractivity contribution >= 4 is 49.4 Å². The van der Waals surface area contributed by atoms with Crippen LogP contribution >= 0.6 is 27.3 Å². The average Bonchev–Trinajstić information content (AvgIpc) is 2.97. The highest BCUT2D eigenvalue weighted by molar-refractivity contribution is 9.10. The van der Waals surface area contributed by atoms with Crippen molar-refractivity contribution in [3.8, 4) is 0 Å². The molecule has 0 saturated heterocycles. The Bertz CT molecular complexity index is 1150. The maximum atomic E-state index is 12.9. The lowest BCUT2D eigenvalue weighted by atomic mass is 10.1. The number of hydrogen-bond acceptors (Lipinski definition) is 4. The molecule has 0 spiro atoms. The van der Waals surface area contributed by atoms with Gasteiger partial charge >= 0.3 is 12.1 Å². The third-order valence-electron chi connectivity index (χ3n) is 3.87. The minimum Gasteiger partial charge on any atom is -0.465 e.